The summed E-state index contributed by atoms with van der Waals surface area (Å²) in [5.41, 5.74) is 5.32. The molecule has 0 saturated carbocycles. The molecule has 0 aromatic heterocycles. The van der Waals surface area contributed by atoms with Crippen molar-refractivity contribution >= 4 is 0 Å². The van der Waals surface area contributed by atoms with E-state index in [0.29, 0.717) is 18.8 Å². The Labute approximate surface area is 114 Å². The molecule has 1 aromatic rings. The van der Waals surface area contributed by atoms with Gasteiger partial charge in [-0.1, -0.05) is 13.3 Å². The van der Waals surface area contributed by atoms with E-state index in [4.69, 9.17) is 15.2 Å². The summed E-state index contributed by atoms with van der Waals surface area (Å²) in [5, 5.41) is 12.4. The van der Waals surface area contributed by atoms with Crippen LogP contribution in [0.5, 0.6) is 11.5 Å². The van der Waals surface area contributed by atoms with Crippen LogP contribution in [-0.2, 0) is 0 Å². The molecule has 0 fully saturated rings. The van der Waals surface area contributed by atoms with Crippen molar-refractivity contribution in [2.24, 2.45) is 5.73 Å². The predicted octanol–water partition coefficient (Wildman–Crippen LogP) is 1.11. The number of unbranched alkanes of at least 4 members (excludes halogenated alkanes) is 1. The van der Waals surface area contributed by atoms with Crippen LogP contribution in [0.4, 0.5) is 0 Å². The summed E-state index contributed by atoms with van der Waals surface area (Å²) < 4.78 is 11.0. The molecule has 1 unspecified atom stereocenters. The minimum absolute atomic E-state index is 0.191. The molecule has 19 heavy (non-hydrogen) atoms. The van der Waals surface area contributed by atoms with Gasteiger partial charge in [-0.15, -0.1) is 0 Å². The van der Waals surface area contributed by atoms with Crippen molar-refractivity contribution < 1.29 is 14.6 Å². The van der Waals surface area contributed by atoms with Crippen molar-refractivity contribution in [2.75, 3.05) is 26.3 Å². The Balaban J connectivity index is 2.27. The van der Waals surface area contributed by atoms with E-state index >= 15 is 0 Å². The first-order chi connectivity index (χ1) is 9.26. The van der Waals surface area contributed by atoms with Crippen molar-refractivity contribution in [1.29, 1.82) is 0 Å². The molecule has 0 radical (unpaired) electrons. The van der Waals surface area contributed by atoms with Crippen molar-refractivity contribution in [2.45, 2.75) is 26.0 Å². The summed E-state index contributed by atoms with van der Waals surface area (Å²) in [5.74, 6) is 1.54. The molecule has 0 aliphatic rings. The fourth-order valence-corrected chi connectivity index (χ4v) is 1.45. The number of rotatable bonds is 10. The van der Waals surface area contributed by atoms with Crippen LogP contribution in [0.1, 0.15) is 19.8 Å². The first-order valence-electron chi connectivity index (χ1n) is 6.73. The average molecular weight is 268 g/mol. The minimum atomic E-state index is -0.705. The van der Waals surface area contributed by atoms with Crippen LogP contribution >= 0.6 is 0 Å². The molecule has 5 nitrogen and oxygen atoms in total. The molecular weight excluding hydrogens is 244 g/mol. The number of aliphatic hydroxyl groups is 1. The van der Waals surface area contributed by atoms with Gasteiger partial charge in [-0.25, -0.2) is 0 Å². The molecule has 0 saturated heterocycles. The van der Waals surface area contributed by atoms with Crippen molar-refractivity contribution in [3.63, 3.8) is 0 Å². The van der Waals surface area contributed by atoms with Gasteiger partial charge in [0, 0.05) is 13.1 Å². The van der Waals surface area contributed by atoms with Crippen LogP contribution in [-0.4, -0.2) is 37.6 Å². The van der Waals surface area contributed by atoms with E-state index in [1.807, 2.05) is 24.3 Å². The van der Waals surface area contributed by atoms with Crippen LogP contribution < -0.4 is 20.5 Å². The highest BCUT2D eigenvalue weighted by Gasteiger charge is 2.03. The van der Waals surface area contributed by atoms with Gasteiger partial charge in [-0.2, -0.15) is 0 Å². The fourth-order valence-electron chi connectivity index (χ4n) is 1.45. The smallest absolute Gasteiger partial charge is 0.139 e. The highest BCUT2D eigenvalue weighted by atomic mass is 16.5. The quantitative estimate of drug-likeness (QED) is 0.438. The van der Waals surface area contributed by atoms with Gasteiger partial charge >= 0.3 is 0 Å². The summed E-state index contributed by atoms with van der Waals surface area (Å²) in [6.07, 6.45) is 1.47. The Hall–Kier alpha value is -1.30. The molecule has 0 aliphatic carbocycles. The molecule has 0 aliphatic heterocycles. The third-order valence-corrected chi connectivity index (χ3v) is 2.52. The number of nitrogens with one attached hydrogen (secondary N) is 1. The third-order valence-electron chi connectivity index (χ3n) is 2.52. The van der Waals surface area contributed by atoms with E-state index in [1.54, 1.807) is 0 Å². The molecule has 1 atom stereocenters. The maximum atomic E-state index is 9.52. The Morgan fingerprint density at radius 1 is 1.21 bits per heavy atom. The van der Waals surface area contributed by atoms with Crippen LogP contribution in [0.2, 0.25) is 0 Å². The number of aliphatic hydroxyl groups excluding tert-OH is 1. The molecule has 4 N–H and O–H groups in total. The summed E-state index contributed by atoms with van der Waals surface area (Å²) >= 11 is 0. The lowest BCUT2D eigenvalue weighted by Crippen LogP contribution is -2.37. The molecule has 108 valence electrons. The lowest BCUT2D eigenvalue weighted by molar-refractivity contribution is 0.0800. The summed E-state index contributed by atoms with van der Waals surface area (Å²) in [6, 6.07) is 7.39. The van der Waals surface area contributed by atoms with E-state index in [9.17, 15) is 5.11 Å². The monoisotopic (exact) mass is 268 g/mol. The van der Waals surface area contributed by atoms with Gasteiger partial charge in [0.05, 0.1) is 6.61 Å². The lowest BCUT2D eigenvalue weighted by Gasteiger charge is -2.13. The number of hydrogen-bond acceptors (Lipinski definition) is 5. The molecule has 0 spiro atoms. The largest absolute Gasteiger partial charge is 0.494 e. The number of hydrogen-bond donors (Lipinski definition) is 3. The van der Waals surface area contributed by atoms with Crippen LogP contribution in [0.25, 0.3) is 0 Å². The SMILES string of the molecule is CCCCOc1ccc(OCC(O)NCCN)cc1. The minimum Gasteiger partial charge on any atom is -0.494 e. The van der Waals surface area contributed by atoms with Gasteiger partial charge in [0.1, 0.15) is 24.3 Å². The van der Waals surface area contributed by atoms with E-state index in [-0.39, 0.29) is 6.61 Å². The maximum Gasteiger partial charge on any atom is 0.139 e. The zero-order valence-electron chi connectivity index (χ0n) is 11.5. The standard InChI is InChI=1S/C14H24N2O3/c1-2-3-10-18-12-4-6-13(7-5-12)19-11-14(17)16-9-8-15/h4-7,14,16-17H,2-3,8-11,15H2,1H3. The Morgan fingerprint density at radius 2 is 1.84 bits per heavy atom. The zero-order chi connectivity index (χ0) is 13.9. The van der Waals surface area contributed by atoms with Gasteiger partial charge in [0.2, 0.25) is 0 Å². The molecule has 1 rings (SSSR count). The summed E-state index contributed by atoms with van der Waals surface area (Å²) in [4.78, 5) is 0. The van der Waals surface area contributed by atoms with Crippen molar-refractivity contribution in [1.82, 2.24) is 5.32 Å². The van der Waals surface area contributed by atoms with E-state index in [1.165, 1.54) is 0 Å². The summed E-state index contributed by atoms with van der Waals surface area (Å²) in [6.45, 7) is 4.11. The van der Waals surface area contributed by atoms with Gasteiger partial charge in [-0.3, -0.25) is 5.32 Å². The third kappa shape index (κ3) is 7.00. The summed E-state index contributed by atoms with van der Waals surface area (Å²) in [7, 11) is 0. The highest BCUT2D eigenvalue weighted by Crippen LogP contribution is 2.17. The second-order valence-electron chi connectivity index (χ2n) is 4.24. The van der Waals surface area contributed by atoms with Crippen molar-refractivity contribution in [3.05, 3.63) is 24.3 Å². The van der Waals surface area contributed by atoms with Gasteiger partial charge < -0.3 is 20.3 Å². The Bertz CT molecular complexity index is 330. The molecule has 0 heterocycles. The van der Waals surface area contributed by atoms with E-state index in [2.05, 4.69) is 12.2 Å². The van der Waals surface area contributed by atoms with Crippen LogP contribution in [0, 0.1) is 0 Å². The fraction of sp³-hybridized carbons (Fsp3) is 0.571. The first-order valence-corrected chi connectivity index (χ1v) is 6.73. The Morgan fingerprint density at radius 3 is 2.42 bits per heavy atom. The number of benzene rings is 1. The van der Waals surface area contributed by atoms with Crippen molar-refractivity contribution in [3.8, 4) is 11.5 Å². The van der Waals surface area contributed by atoms with Crippen LogP contribution in [0.3, 0.4) is 0 Å². The predicted molar refractivity (Wildman–Crippen MR) is 75.4 cm³/mol. The average Bonchev–Trinajstić information content (AvgIpc) is 2.44. The normalized spacial score (nSPS) is 12.2. The molecular formula is C14H24N2O3. The first kappa shape index (κ1) is 15.8. The number of nitrogens with two attached hydrogens (primary N) is 1. The molecule has 0 amide bonds. The van der Waals surface area contributed by atoms with Gasteiger partial charge in [0.25, 0.3) is 0 Å². The molecule has 5 heteroatoms. The van der Waals surface area contributed by atoms with Crippen LogP contribution in [0.15, 0.2) is 24.3 Å². The van der Waals surface area contributed by atoms with Gasteiger partial charge in [-0.05, 0) is 30.7 Å². The molecule has 1 aromatic carbocycles. The van der Waals surface area contributed by atoms with E-state index in [0.717, 1.165) is 25.2 Å². The second kappa shape index (κ2) is 9.61. The lowest BCUT2D eigenvalue weighted by atomic mass is 10.3. The molecule has 0 bridgehead atoms. The number of ether oxygens (including phenoxy) is 2. The maximum absolute atomic E-state index is 9.52. The van der Waals surface area contributed by atoms with E-state index < -0.39 is 6.23 Å². The highest BCUT2D eigenvalue weighted by molar-refractivity contribution is 5.31. The van der Waals surface area contributed by atoms with Gasteiger partial charge in [0.15, 0.2) is 0 Å². The second-order valence-corrected chi connectivity index (χ2v) is 4.24. The topological polar surface area (TPSA) is 76.7 Å². The Kier molecular flexibility index (Phi) is 7.97. The zero-order valence-corrected chi connectivity index (χ0v) is 11.5.